The third-order valence-corrected chi connectivity index (χ3v) is 11.2. The summed E-state index contributed by atoms with van der Waals surface area (Å²) in [7, 11) is 0. The maximum absolute atomic E-state index is 5.49. The van der Waals surface area contributed by atoms with Crippen LogP contribution in [0.4, 0.5) is 17.2 Å². The lowest BCUT2D eigenvalue weighted by Crippen LogP contribution is -2.14. The van der Waals surface area contributed by atoms with E-state index in [1.165, 1.54) is 43.7 Å². The Morgan fingerprint density at radius 1 is 0.500 bits per heavy atom. The number of benzene rings is 6. The smallest absolute Gasteiger partial charge is 0.138 e. The molecular formula is C50H34N4. The highest BCUT2D eigenvalue weighted by atomic mass is 15.2. The lowest BCUT2D eigenvalue weighted by atomic mass is 9.78. The standard InChI is InChI=1S/C50H34N4/c1-2-16-37(17-3-1)53-45-24-11-9-21-41(45)50-46(53)27-28-47-49(50)40-20-7-6-18-38(40)39-19-8-10-23-44(39)54(47)48-32-36(31-43(52-48)42-22-12-13-29-51-42)35-26-25-33-14-4-5-15-34(33)30-35/h1-32,38,40H. The molecule has 2 unspecified atom stereocenters. The van der Waals surface area contributed by atoms with Crippen LogP contribution in [0.5, 0.6) is 0 Å². The van der Waals surface area contributed by atoms with Crippen molar-refractivity contribution < 1.29 is 0 Å². The van der Waals surface area contributed by atoms with Gasteiger partial charge in [0.25, 0.3) is 0 Å². The molecule has 4 nitrogen and oxygen atoms in total. The van der Waals surface area contributed by atoms with Gasteiger partial charge in [-0.1, -0.05) is 121 Å². The zero-order valence-electron chi connectivity index (χ0n) is 29.4. The van der Waals surface area contributed by atoms with Gasteiger partial charge in [0.1, 0.15) is 5.82 Å². The SMILES string of the molecule is C1=CC2c3ccccc3N(c3cc(-c4ccc5ccccc5c4)cc(-c4ccccn4)n3)c3ccc4c(c3C2C=C1)c1ccccc1n4-c1ccccc1. The number of hydrogen-bond donors (Lipinski definition) is 0. The van der Waals surface area contributed by atoms with Gasteiger partial charge in [-0.3, -0.25) is 9.88 Å². The third-order valence-electron chi connectivity index (χ3n) is 11.2. The number of rotatable bonds is 4. The molecule has 11 rings (SSSR count). The van der Waals surface area contributed by atoms with E-state index in [1.807, 2.05) is 24.4 Å². The molecule has 54 heavy (non-hydrogen) atoms. The first-order chi connectivity index (χ1) is 26.8. The van der Waals surface area contributed by atoms with E-state index in [-0.39, 0.29) is 11.8 Å². The highest BCUT2D eigenvalue weighted by Gasteiger charge is 2.36. The maximum Gasteiger partial charge on any atom is 0.138 e. The molecule has 0 spiro atoms. The van der Waals surface area contributed by atoms with Gasteiger partial charge in [0.2, 0.25) is 0 Å². The Balaban J connectivity index is 1.24. The summed E-state index contributed by atoms with van der Waals surface area (Å²) >= 11 is 0. The Hall–Kier alpha value is -7.04. The van der Waals surface area contributed by atoms with Crippen molar-refractivity contribution in [3.63, 3.8) is 0 Å². The zero-order valence-corrected chi connectivity index (χ0v) is 29.4. The van der Waals surface area contributed by atoms with Crippen LogP contribution in [-0.2, 0) is 0 Å². The predicted molar refractivity (Wildman–Crippen MR) is 223 cm³/mol. The van der Waals surface area contributed by atoms with Crippen LogP contribution >= 0.6 is 0 Å². The van der Waals surface area contributed by atoms with E-state index >= 15 is 0 Å². The summed E-state index contributed by atoms with van der Waals surface area (Å²) in [5, 5.41) is 4.94. The van der Waals surface area contributed by atoms with Crippen molar-refractivity contribution in [3.8, 4) is 28.2 Å². The molecule has 254 valence electrons. The first-order valence-electron chi connectivity index (χ1n) is 18.6. The molecule has 0 fully saturated rings. The molecule has 6 aromatic carbocycles. The van der Waals surface area contributed by atoms with Crippen LogP contribution in [0.3, 0.4) is 0 Å². The number of pyridine rings is 2. The second kappa shape index (κ2) is 12.3. The van der Waals surface area contributed by atoms with Gasteiger partial charge in [0.15, 0.2) is 0 Å². The molecule has 9 aromatic rings. The molecular weight excluding hydrogens is 657 g/mol. The highest BCUT2D eigenvalue weighted by molar-refractivity contribution is 6.13. The van der Waals surface area contributed by atoms with Gasteiger partial charge in [-0.2, -0.15) is 0 Å². The number of anilines is 3. The van der Waals surface area contributed by atoms with E-state index < -0.39 is 0 Å². The van der Waals surface area contributed by atoms with Crippen LogP contribution in [0.15, 0.2) is 194 Å². The summed E-state index contributed by atoms with van der Waals surface area (Å²) in [5.41, 5.74) is 12.3. The molecule has 0 radical (unpaired) electrons. The van der Waals surface area contributed by atoms with E-state index in [1.54, 1.807) is 0 Å². The lowest BCUT2D eigenvalue weighted by Gasteiger charge is -2.28. The molecule has 0 bridgehead atoms. The molecule has 0 N–H and O–H groups in total. The van der Waals surface area contributed by atoms with Crippen molar-refractivity contribution in [1.82, 2.24) is 14.5 Å². The van der Waals surface area contributed by atoms with E-state index in [0.29, 0.717) is 0 Å². The van der Waals surface area contributed by atoms with Crippen LogP contribution < -0.4 is 4.90 Å². The van der Waals surface area contributed by atoms with Gasteiger partial charge < -0.3 is 4.57 Å². The minimum Gasteiger partial charge on any atom is -0.309 e. The van der Waals surface area contributed by atoms with Crippen LogP contribution in [0, 0.1) is 0 Å². The number of allylic oxidation sites excluding steroid dienone is 4. The average molecular weight is 691 g/mol. The summed E-state index contributed by atoms with van der Waals surface area (Å²) in [6, 6.07) is 58.8. The first kappa shape index (κ1) is 30.6. The molecule has 3 aromatic heterocycles. The predicted octanol–water partition coefficient (Wildman–Crippen LogP) is 12.8. The molecule has 0 saturated carbocycles. The van der Waals surface area contributed by atoms with Gasteiger partial charge in [-0.25, -0.2) is 4.98 Å². The molecule has 4 heterocycles. The minimum atomic E-state index is 0.105. The minimum absolute atomic E-state index is 0.105. The Morgan fingerprint density at radius 3 is 2.17 bits per heavy atom. The number of para-hydroxylation sites is 3. The van der Waals surface area contributed by atoms with Gasteiger partial charge in [0.05, 0.1) is 33.8 Å². The van der Waals surface area contributed by atoms with E-state index in [9.17, 15) is 0 Å². The fraction of sp³-hybridized carbons (Fsp3) is 0.0400. The van der Waals surface area contributed by atoms with E-state index in [4.69, 9.17) is 9.97 Å². The second-order valence-corrected chi connectivity index (χ2v) is 14.2. The maximum atomic E-state index is 5.49. The molecule has 1 aliphatic carbocycles. The van der Waals surface area contributed by atoms with Crippen LogP contribution in [0.1, 0.15) is 23.0 Å². The zero-order chi connectivity index (χ0) is 35.6. The Labute approximate surface area is 313 Å². The quantitative estimate of drug-likeness (QED) is 0.184. The monoisotopic (exact) mass is 690 g/mol. The molecule has 2 aliphatic rings. The molecule has 1 aliphatic heterocycles. The van der Waals surface area contributed by atoms with Crippen molar-refractivity contribution in [2.75, 3.05) is 4.90 Å². The second-order valence-electron chi connectivity index (χ2n) is 14.2. The Kier molecular flexibility index (Phi) is 6.96. The average Bonchev–Trinajstić information content (AvgIpc) is 3.52. The van der Waals surface area contributed by atoms with Gasteiger partial charge in [-0.15, -0.1) is 0 Å². The van der Waals surface area contributed by atoms with Crippen molar-refractivity contribution in [3.05, 3.63) is 205 Å². The fourth-order valence-corrected chi connectivity index (χ4v) is 8.81. The number of aromatic nitrogens is 3. The molecule has 0 saturated heterocycles. The van der Waals surface area contributed by atoms with Gasteiger partial charge in [0, 0.05) is 34.5 Å². The van der Waals surface area contributed by atoms with Crippen LogP contribution in [-0.4, -0.2) is 14.5 Å². The normalized spacial score (nSPS) is 16.0. The molecule has 4 heteroatoms. The third kappa shape index (κ3) is 4.77. The summed E-state index contributed by atoms with van der Waals surface area (Å²) in [6.07, 6.45) is 11.0. The van der Waals surface area contributed by atoms with Crippen molar-refractivity contribution in [2.45, 2.75) is 11.8 Å². The van der Waals surface area contributed by atoms with Crippen molar-refractivity contribution in [2.24, 2.45) is 0 Å². The Morgan fingerprint density at radius 2 is 1.28 bits per heavy atom. The van der Waals surface area contributed by atoms with Gasteiger partial charge in [-0.05, 0) is 99.8 Å². The van der Waals surface area contributed by atoms with Crippen molar-refractivity contribution in [1.29, 1.82) is 0 Å². The van der Waals surface area contributed by atoms with Crippen LogP contribution in [0.25, 0.3) is 60.8 Å². The number of hydrogen-bond acceptors (Lipinski definition) is 3. The largest absolute Gasteiger partial charge is 0.309 e. The van der Waals surface area contributed by atoms with E-state index in [2.05, 4.69) is 179 Å². The highest BCUT2D eigenvalue weighted by Crippen LogP contribution is 2.55. The fourth-order valence-electron chi connectivity index (χ4n) is 8.81. The summed E-state index contributed by atoms with van der Waals surface area (Å²) < 4.78 is 2.42. The summed E-state index contributed by atoms with van der Waals surface area (Å²) in [4.78, 5) is 12.7. The summed E-state index contributed by atoms with van der Waals surface area (Å²) in [5.74, 6) is 1.10. The number of fused-ring (bicyclic) bond motifs is 10. The Bertz CT molecular complexity index is 2960. The van der Waals surface area contributed by atoms with Crippen LogP contribution in [0.2, 0.25) is 0 Å². The molecule has 0 amide bonds. The lowest BCUT2D eigenvalue weighted by molar-refractivity contribution is 0.745. The van der Waals surface area contributed by atoms with Crippen molar-refractivity contribution >= 4 is 49.8 Å². The van der Waals surface area contributed by atoms with Gasteiger partial charge >= 0.3 is 0 Å². The number of nitrogens with zero attached hydrogens (tertiary/aromatic N) is 4. The topological polar surface area (TPSA) is 34.0 Å². The molecule has 2 atom stereocenters. The van der Waals surface area contributed by atoms with E-state index in [0.717, 1.165) is 45.4 Å². The summed E-state index contributed by atoms with van der Waals surface area (Å²) in [6.45, 7) is 0. The first-order valence-corrected chi connectivity index (χ1v) is 18.6.